The van der Waals surface area contributed by atoms with Crippen LogP contribution in [0, 0.1) is 29.4 Å². The molecule has 0 aromatic heterocycles. The van der Waals surface area contributed by atoms with Gasteiger partial charge in [0.1, 0.15) is 0 Å². The average Bonchev–Trinajstić information content (AvgIpc) is 2.68. The highest BCUT2D eigenvalue weighted by Gasteiger charge is 2.31. The highest BCUT2D eigenvalue weighted by Crippen LogP contribution is 2.44. The number of rotatable bonds is 6. The van der Waals surface area contributed by atoms with Gasteiger partial charge in [0.2, 0.25) is 0 Å². The summed E-state index contributed by atoms with van der Waals surface area (Å²) in [5, 5.41) is 0. The summed E-state index contributed by atoms with van der Waals surface area (Å²) >= 11 is 5.71. The Morgan fingerprint density at radius 2 is 1.52 bits per heavy atom. The van der Waals surface area contributed by atoms with Crippen LogP contribution in [0.5, 0.6) is 5.75 Å². The monoisotopic (exact) mass is 396 g/mol. The van der Waals surface area contributed by atoms with Gasteiger partial charge in [-0.2, -0.15) is 0 Å². The molecule has 0 radical (unpaired) electrons. The maximum absolute atomic E-state index is 14.3. The first kappa shape index (κ1) is 20.6. The van der Waals surface area contributed by atoms with Gasteiger partial charge in [-0.1, -0.05) is 24.6 Å². The van der Waals surface area contributed by atoms with Crippen LogP contribution in [0.25, 0.3) is 0 Å². The van der Waals surface area contributed by atoms with Crippen molar-refractivity contribution in [1.29, 1.82) is 0 Å². The van der Waals surface area contributed by atoms with Crippen molar-refractivity contribution in [2.45, 2.75) is 70.6 Å². The van der Waals surface area contributed by atoms with E-state index < -0.39 is 11.6 Å². The molecule has 0 heterocycles. The third kappa shape index (κ3) is 5.25. The minimum atomic E-state index is -0.564. The maximum atomic E-state index is 14.3. The number of allylic oxidation sites excluding steroid dienone is 1. The molecule has 0 aliphatic heterocycles. The van der Waals surface area contributed by atoms with Crippen LogP contribution in [-0.4, -0.2) is 6.61 Å². The van der Waals surface area contributed by atoms with Gasteiger partial charge in [-0.15, -0.1) is 0 Å². The van der Waals surface area contributed by atoms with Gasteiger partial charge < -0.3 is 4.74 Å². The van der Waals surface area contributed by atoms with Crippen LogP contribution < -0.4 is 4.74 Å². The molecule has 150 valence electrons. The summed E-state index contributed by atoms with van der Waals surface area (Å²) in [4.78, 5) is 0. The first-order valence-electron chi connectivity index (χ1n) is 10.5. The molecule has 2 saturated carbocycles. The molecule has 0 atom stereocenters. The minimum absolute atomic E-state index is 0.225. The van der Waals surface area contributed by atoms with Crippen LogP contribution in [0.1, 0.15) is 76.2 Å². The van der Waals surface area contributed by atoms with E-state index in [0.717, 1.165) is 36.7 Å². The van der Waals surface area contributed by atoms with E-state index in [-0.39, 0.29) is 11.7 Å². The van der Waals surface area contributed by atoms with Crippen molar-refractivity contribution in [2.75, 3.05) is 6.61 Å². The largest absolute Gasteiger partial charge is 0.488 e. The molecule has 0 saturated heterocycles. The van der Waals surface area contributed by atoms with Crippen molar-refractivity contribution in [3.8, 4) is 5.75 Å². The number of halogens is 3. The zero-order valence-electron chi connectivity index (χ0n) is 16.2. The lowest BCUT2D eigenvalue weighted by Gasteiger charge is -2.37. The van der Waals surface area contributed by atoms with Crippen LogP contribution >= 0.6 is 11.6 Å². The summed E-state index contributed by atoms with van der Waals surface area (Å²) in [5.41, 5.74) is 2.45. The fraction of sp³-hybridized carbons (Fsp3) is 0.652. The smallest absolute Gasteiger partial charge is 0.190 e. The molecule has 3 rings (SSSR count). The van der Waals surface area contributed by atoms with Crippen LogP contribution in [0.15, 0.2) is 23.7 Å². The van der Waals surface area contributed by atoms with Crippen LogP contribution in [0.2, 0.25) is 0 Å². The van der Waals surface area contributed by atoms with Crippen LogP contribution in [0.4, 0.5) is 8.78 Å². The molecule has 1 aromatic rings. The highest BCUT2D eigenvalue weighted by molar-refractivity contribution is 6.25. The van der Waals surface area contributed by atoms with E-state index in [9.17, 15) is 8.78 Å². The lowest BCUT2D eigenvalue weighted by atomic mass is 9.68. The fourth-order valence-corrected chi connectivity index (χ4v) is 5.20. The molecular formula is C23H31ClF2O. The molecule has 27 heavy (non-hydrogen) atoms. The van der Waals surface area contributed by atoms with Gasteiger partial charge in [0.05, 0.1) is 6.61 Å². The molecule has 2 fully saturated rings. The van der Waals surface area contributed by atoms with Crippen molar-refractivity contribution >= 4 is 11.6 Å². The van der Waals surface area contributed by atoms with Crippen molar-refractivity contribution in [2.24, 2.45) is 17.8 Å². The Hall–Kier alpha value is -1.09. The Balaban J connectivity index is 1.55. The molecule has 0 N–H and O–H groups in total. The zero-order chi connectivity index (χ0) is 19.2. The molecule has 2 aliphatic carbocycles. The van der Waals surface area contributed by atoms with E-state index in [1.807, 2.05) is 6.92 Å². The topological polar surface area (TPSA) is 9.23 Å². The van der Waals surface area contributed by atoms with E-state index in [1.165, 1.54) is 50.7 Å². The average molecular weight is 397 g/mol. The van der Waals surface area contributed by atoms with Gasteiger partial charge in [-0.3, -0.25) is 0 Å². The van der Waals surface area contributed by atoms with Crippen molar-refractivity contribution in [1.82, 2.24) is 0 Å². The molecule has 1 nitrogen and oxygen atoms in total. The normalized spacial score (nSPS) is 29.2. The highest BCUT2D eigenvalue weighted by atomic mass is 35.5. The molecule has 0 unspecified atom stereocenters. The van der Waals surface area contributed by atoms with Gasteiger partial charge in [-0.05, 0) is 99.2 Å². The van der Waals surface area contributed by atoms with E-state index in [1.54, 1.807) is 5.54 Å². The Labute approximate surface area is 167 Å². The summed E-state index contributed by atoms with van der Waals surface area (Å²) in [6, 6.07) is 2.98. The molecule has 1 aromatic carbocycles. The Kier molecular flexibility index (Phi) is 7.57. The van der Waals surface area contributed by atoms with Crippen molar-refractivity contribution in [3.63, 3.8) is 0 Å². The Morgan fingerprint density at radius 1 is 0.963 bits per heavy atom. The Morgan fingerprint density at radius 3 is 2.04 bits per heavy atom. The second kappa shape index (κ2) is 9.91. The van der Waals surface area contributed by atoms with Crippen molar-refractivity contribution < 1.29 is 13.5 Å². The zero-order valence-corrected chi connectivity index (χ0v) is 17.0. The standard InChI is InChI=1S/C23H31ClF2O/c1-2-13-27-23-21(25)14-20(15-22(23)26)19-9-7-18(8-10-19)17-5-3-16(4-6-17)11-12-24/h11-12,14-19H,2-10,13H2,1H3. The molecule has 4 heteroatoms. The summed E-state index contributed by atoms with van der Waals surface area (Å²) < 4.78 is 33.8. The van der Waals surface area contributed by atoms with Gasteiger partial charge in [-0.25, -0.2) is 8.78 Å². The molecule has 0 bridgehead atoms. The van der Waals surface area contributed by atoms with E-state index in [2.05, 4.69) is 6.08 Å². The van der Waals surface area contributed by atoms with Crippen LogP contribution in [-0.2, 0) is 0 Å². The lowest BCUT2D eigenvalue weighted by Crippen LogP contribution is -2.25. The van der Waals surface area contributed by atoms with E-state index in [4.69, 9.17) is 16.3 Å². The first-order valence-corrected chi connectivity index (χ1v) is 10.9. The molecular weight excluding hydrogens is 366 g/mol. The van der Waals surface area contributed by atoms with Crippen LogP contribution in [0.3, 0.4) is 0 Å². The molecule has 2 aliphatic rings. The maximum Gasteiger partial charge on any atom is 0.190 e. The minimum Gasteiger partial charge on any atom is -0.488 e. The summed E-state index contributed by atoms with van der Waals surface area (Å²) in [6.45, 7) is 2.25. The van der Waals surface area contributed by atoms with Gasteiger partial charge in [0.25, 0.3) is 0 Å². The van der Waals surface area contributed by atoms with Crippen molar-refractivity contribution in [3.05, 3.63) is 40.9 Å². The second-order valence-electron chi connectivity index (χ2n) is 8.27. The lowest BCUT2D eigenvalue weighted by molar-refractivity contribution is 0.171. The predicted molar refractivity (Wildman–Crippen MR) is 107 cm³/mol. The summed E-state index contributed by atoms with van der Waals surface area (Å²) in [7, 11) is 0. The number of hydrogen-bond acceptors (Lipinski definition) is 1. The van der Waals surface area contributed by atoms with Gasteiger partial charge in [0, 0.05) is 5.54 Å². The molecule has 0 spiro atoms. The number of ether oxygens (including phenoxy) is 1. The SMILES string of the molecule is CCCOc1c(F)cc(C2CCC(C3CCC(C=CCl)CC3)CC2)cc1F. The Bertz CT molecular complexity index is 606. The number of hydrogen-bond donors (Lipinski definition) is 0. The third-order valence-corrected chi connectivity index (χ3v) is 6.69. The fourth-order valence-electron chi connectivity index (χ4n) is 4.99. The summed E-state index contributed by atoms with van der Waals surface area (Å²) in [5.74, 6) is 1.14. The van der Waals surface area contributed by atoms with Gasteiger partial charge >= 0.3 is 0 Å². The van der Waals surface area contributed by atoms with Gasteiger partial charge in [0.15, 0.2) is 17.4 Å². The summed E-state index contributed by atoms with van der Waals surface area (Å²) in [6.07, 6.45) is 12.3. The number of benzene rings is 1. The predicted octanol–water partition coefficient (Wildman–Crippen LogP) is 7.59. The second-order valence-corrected chi connectivity index (χ2v) is 8.52. The quantitative estimate of drug-likeness (QED) is 0.481. The van der Waals surface area contributed by atoms with E-state index >= 15 is 0 Å². The third-order valence-electron chi connectivity index (χ3n) is 6.54. The first-order chi connectivity index (χ1) is 13.1. The molecule has 0 amide bonds. The van der Waals surface area contributed by atoms with E-state index in [0.29, 0.717) is 12.5 Å².